The molecule has 8 heteroatoms. The van der Waals surface area contributed by atoms with Gasteiger partial charge in [-0.1, -0.05) is 19.0 Å². The predicted molar refractivity (Wildman–Crippen MR) is 95.4 cm³/mol. The summed E-state index contributed by atoms with van der Waals surface area (Å²) in [7, 11) is 0. The first kappa shape index (κ1) is 18.6. The average Bonchev–Trinajstić information content (AvgIpc) is 3.28. The normalized spacial score (nSPS) is 17.5. The second kappa shape index (κ2) is 8.46. The maximum atomic E-state index is 12.2. The molecule has 0 aliphatic carbocycles. The molecule has 26 heavy (non-hydrogen) atoms. The van der Waals surface area contributed by atoms with Crippen molar-refractivity contribution in [1.29, 1.82) is 0 Å². The maximum absolute atomic E-state index is 12.2. The van der Waals surface area contributed by atoms with Crippen LogP contribution in [0, 0.1) is 0 Å². The highest BCUT2D eigenvalue weighted by Crippen LogP contribution is 2.13. The first-order valence-corrected chi connectivity index (χ1v) is 9.11. The molecule has 8 nitrogen and oxygen atoms in total. The zero-order valence-electron chi connectivity index (χ0n) is 15.6. The van der Waals surface area contributed by atoms with Crippen LogP contribution >= 0.6 is 0 Å². The molecular weight excluding hydrogens is 334 g/mol. The average molecular weight is 361 g/mol. The van der Waals surface area contributed by atoms with Crippen molar-refractivity contribution in [2.24, 2.45) is 0 Å². The van der Waals surface area contributed by atoms with Gasteiger partial charge in [0.2, 0.25) is 11.8 Å². The van der Waals surface area contributed by atoms with Crippen LogP contribution < -0.4 is 5.32 Å². The van der Waals surface area contributed by atoms with Gasteiger partial charge in [-0.05, 0) is 19.1 Å². The second-order valence-electron chi connectivity index (χ2n) is 7.06. The van der Waals surface area contributed by atoms with E-state index in [0.717, 1.165) is 37.8 Å². The van der Waals surface area contributed by atoms with Crippen molar-refractivity contribution >= 4 is 5.91 Å². The van der Waals surface area contributed by atoms with Crippen LogP contribution in [-0.4, -0.2) is 58.6 Å². The van der Waals surface area contributed by atoms with E-state index in [2.05, 4.69) is 25.3 Å². The summed E-state index contributed by atoms with van der Waals surface area (Å²) in [5, 5.41) is 6.97. The number of furan rings is 1. The topological polar surface area (TPSA) is 87.6 Å². The molecule has 1 atom stereocenters. The van der Waals surface area contributed by atoms with Gasteiger partial charge in [0.25, 0.3) is 0 Å². The van der Waals surface area contributed by atoms with Gasteiger partial charge in [0.1, 0.15) is 5.76 Å². The molecule has 2 aromatic rings. The van der Waals surface area contributed by atoms with Gasteiger partial charge in [0.05, 0.1) is 25.4 Å². The summed E-state index contributed by atoms with van der Waals surface area (Å²) in [6.45, 7) is 10.5. The van der Waals surface area contributed by atoms with E-state index in [1.807, 2.05) is 32.9 Å². The van der Waals surface area contributed by atoms with Crippen LogP contribution in [0.15, 0.2) is 27.3 Å². The lowest BCUT2D eigenvalue weighted by atomic mass is 10.2. The molecule has 1 saturated heterocycles. The van der Waals surface area contributed by atoms with Crippen LogP contribution in [0.2, 0.25) is 0 Å². The zero-order chi connectivity index (χ0) is 18.5. The predicted octanol–water partition coefficient (Wildman–Crippen LogP) is 1.78. The lowest BCUT2D eigenvalue weighted by molar-refractivity contribution is -0.123. The molecule has 3 heterocycles. The Labute approximate surface area is 153 Å². The van der Waals surface area contributed by atoms with Crippen LogP contribution in [0.3, 0.4) is 0 Å². The highest BCUT2D eigenvalue weighted by Gasteiger charge is 2.22. The Balaban J connectivity index is 1.39. The van der Waals surface area contributed by atoms with Crippen LogP contribution in [0.4, 0.5) is 0 Å². The molecule has 0 spiro atoms. The second-order valence-corrected chi connectivity index (χ2v) is 7.06. The smallest absolute Gasteiger partial charge is 0.240 e. The van der Waals surface area contributed by atoms with E-state index in [1.165, 1.54) is 0 Å². The molecule has 1 N–H and O–H groups in total. The van der Waals surface area contributed by atoms with Crippen LogP contribution in [-0.2, 0) is 11.3 Å². The molecular formula is C18H27N5O3. The van der Waals surface area contributed by atoms with Gasteiger partial charge in [-0.3, -0.25) is 14.6 Å². The number of amides is 1. The summed E-state index contributed by atoms with van der Waals surface area (Å²) in [6, 6.07) is 3.57. The fourth-order valence-electron chi connectivity index (χ4n) is 2.96. The summed E-state index contributed by atoms with van der Waals surface area (Å²) >= 11 is 0. The third kappa shape index (κ3) is 4.92. The third-order valence-corrected chi connectivity index (χ3v) is 4.54. The molecule has 0 bridgehead atoms. The number of hydrogen-bond donors (Lipinski definition) is 1. The summed E-state index contributed by atoms with van der Waals surface area (Å²) < 4.78 is 10.6. The van der Waals surface area contributed by atoms with Crippen molar-refractivity contribution in [3.8, 4) is 0 Å². The lowest BCUT2D eigenvalue weighted by Gasteiger charge is -2.33. The third-order valence-electron chi connectivity index (χ3n) is 4.54. The van der Waals surface area contributed by atoms with Gasteiger partial charge >= 0.3 is 0 Å². The Morgan fingerprint density at radius 1 is 1.23 bits per heavy atom. The molecule has 1 unspecified atom stereocenters. The first-order valence-electron chi connectivity index (χ1n) is 9.11. The van der Waals surface area contributed by atoms with Crippen molar-refractivity contribution < 1.29 is 13.7 Å². The highest BCUT2D eigenvalue weighted by atomic mass is 16.5. The van der Waals surface area contributed by atoms with E-state index < -0.39 is 0 Å². The fourth-order valence-corrected chi connectivity index (χ4v) is 2.96. The van der Waals surface area contributed by atoms with Crippen molar-refractivity contribution in [2.45, 2.75) is 39.3 Å². The van der Waals surface area contributed by atoms with Gasteiger partial charge in [-0.25, -0.2) is 0 Å². The summed E-state index contributed by atoms with van der Waals surface area (Å²) in [6.07, 6.45) is 1.62. The minimum atomic E-state index is -0.119. The van der Waals surface area contributed by atoms with Crippen molar-refractivity contribution in [3.63, 3.8) is 0 Å². The SMILES string of the molecule is CC(C)c1noc(CN2CCN(CC(=O)NC(C)c3ccco3)CC2)n1. The number of rotatable bonds is 7. The number of nitrogens with one attached hydrogen (secondary N) is 1. The number of piperazine rings is 1. The fraction of sp³-hybridized carbons (Fsp3) is 0.611. The van der Waals surface area contributed by atoms with Gasteiger partial charge in [0.15, 0.2) is 5.82 Å². The molecule has 2 aromatic heterocycles. The maximum Gasteiger partial charge on any atom is 0.240 e. The van der Waals surface area contributed by atoms with E-state index in [-0.39, 0.29) is 17.9 Å². The minimum absolute atomic E-state index is 0.0147. The summed E-state index contributed by atoms with van der Waals surface area (Å²) in [4.78, 5) is 21.1. The van der Waals surface area contributed by atoms with E-state index in [9.17, 15) is 4.79 Å². The Morgan fingerprint density at radius 2 is 1.96 bits per heavy atom. The minimum Gasteiger partial charge on any atom is -0.467 e. The number of nitrogens with zero attached hydrogens (tertiary/aromatic N) is 4. The van der Waals surface area contributed by atoms with Gasteiger partial charge < -0.3 is 14.3 Å². The van der Waals surface area contributed by atoms with Crippen molar-refractivity contribution in [1.82, 2.24) is 25.3 Å². The molecule has 142 valence electrons. The Morgan fingerprint density at radius 3 is 2.58 bits per heavy atom. The summed E-state index contributed by atoms with van der Waals surface area (Å²) in [5.74, 6) is 2.46. The molecule has 1 amide bonds. The van der Waals surface area contributed by atoms with Gasteiger partial charge in [0, 0.05) is 32.1 Å². The molecule has 3 rings (SSSR count). The van der Waals surface area contributed by atoms with E-state index in [0.29, 0.717) is 19.0 Å². The Kier molecular flexibility index (Phi) is 6.05. The monoisotopic (exact) mass is 361 g/mol. The number of aromatic nitrogens is 2. The molecule has 0 aromatic carbocycles. The molecule has 1 aliphatic heterocycles. The highest BCUT2D eigenvalue weighted by molar-refractivity contribution is 5.78. The van der Waals surface area contributed by atoms with E-state index >= 15 is 0 Å². The molecule has 1 fully saturated rings. The van der Waals surface area contributed by atoms with Gasteiger partial charge in [-0.15, -0.1) is 0 Å². The van der Waals surface area contributed by atoms with Crippen LogP contribution in [0.25, 0.3) is 0 Å². The zero-order valence-corrected chi connectivity index (χ0v) is 15.6. The first-order chi connectivity index (χ1) is 12.5. The van der Waals surface area contributed by atoms with E-state index in [1.54, 1.807) is 6.26 Å². The summed E-state index contributed by atoms with van der Waals surface area (Å²) in [5.41, 5.74) is 0. The number of carbonyl (C=O) groups is 1. The molecule has 1 aliphatic rings. The molecule has 0 saturated carbocycles. The lowest BCUT2D eigenvalue weighted by Crippen LogP contribution is -2.49. The van der Waals surface area contributed by atoms with Crippen molar-refractivity contribution in [3.05, 3.63) is 35.9 Å². The van der Waals surface area contributed by atoms with Crippen LogP contribution in [0.1, 0.15) is 50.2 Å². The molecule has 0 radical (unpaired) electrons. The van der Waals surface area contributed by atoms with E-state index in [4.69, 9.17) is 8.94 Å². The van der Waals surface area contributed by atoms with Crippen LogP contribution in [0.5, 0.6) is 0 Å². The Bertz CT molecular complexity index is 690. The van der Waals surface area contributed by atoms with Gasteiger partial charge in [-0.2, -0.15) is 4.98 Å². The quantitative estimate of drug-likeness (QED) is 0.804. The van der Waals surface area contributed by atoms with Crippen molar-refractivity contribution in [2.75, 3.05) is 32.7 Å². The standard InChI is InChI=1S/C18H27N5O3/c1-13(2)18-20-17(26-21-18)12-23-8-6-22(7-9-23)11-16(24)19-14(3)15-5-4-10-25-15/h4-5,10,13-14H,6-9,11-12H2,1-3H3,(H,19,24). The Hall–Kier alpha value is -2.19. The number of carbonyl (C=O) groups excluding carboxylic acids is 1. The number of hydrogen-bond acceptors (Lipinski definition) is 7. The largest absolute Gasteiger partial charge is 0.467 e.